The first-order valence-electron chi connectivity index (χ1n) is 8.42. The summed E-state index contributed by atoms with van der Waals surface area (Å²) in [5.74, 6) is 0.912. The monoisotopic (exact) mass is 256 g/mol. The van der Waals surface area contributed by atoms with E-state index in [1.165, 1.54) is 77.0 Å². The molecule has 0 aliphatic carbocycles. The van der Waals surface area contributed by atoms with Crippen molar-refractivity contribution in [3.63, 3.8) is 0 Å². The van der Waals surface area contributed by atoms with Crippen molar-refractivity contribution in [2.45, 2.75) is 97.3 Å². The molecule has 0 aromatic rings. The van der Waals surface area contributed by atoms with E-state index in [2.05, 4.69) is 13.8 Å². The lowest BCUT2D eigenvalue weighted by molar-refractivity contribution is 0.281. The second-order valence-corrected chi connectivity index (χ2v) is 5.94. The first-order chi connectivity index (χ1) is 8.81. The Balaban J connectivity index is 3.09. The minimum absolute atomic E-state index is 0.369. The molecule has 0 aliphatic heterocycles. The number of hydrogen-bond donors (Lipinski definition) is 1. The fourth-order valence-electron chi connectivity index (χ4n) is 2.55. The highest BCUT2D eigenvalue weighted by molar-refractivity contribution is 4.55. The lowest BCUT2D eigenvalue weighted by Gasteiger charge is -2.10. The van der Waals surface area contributed by atoms with Crippen molar-refractivity contribution in [1.82, 2.24) is 0 Å². The predicted octanol–water partition coefficient (Wildman–Crippen LogP) is 5.71. The van der Waals surface area contributed by atoms with E-state index >= 15 is 0 Å². The molecule has 0 aromatic heterocycles. The quantitative estimate of drug-likeness (QED) is 0.395. The van der Waals surface area contributed by atoms with Crippen molar-refractivity contribution in [1.29, 1.82) is 0 Å². The van der Waals surface area contributed by atoms with Crippen LogP contribution in [0.1, 0.15) is 97.3 Å². The summed E-state index contributed by atoms with van der Waals surface area (Å²) >= 11 is 0. The number of aliphatic hydroxyl groups is 1. The molecule has 0 fully saturated rings. The van der Waals surface area contributed by atoms with Crippen molar-refractivity contribution >= 4 is 0 Å². The maximum Gasteiger partial charge on any atom is 0.0431 e. The van der Waals surface area contributed by atoms with Crippen LogP contribution >= 0.6 is 0 Å². The number of rotatable bonds is 14. The summed E-state index contributed by atoms with van der Waals surface area (Å²) in [6, 6.07) is 0. The van der Waals surface area contributed by atoms with E-state index in [0.29, 0.717) is 6.61 Å². The van der Waals surface area contributed by atoms with Crippen LogP contribution in [0.25, 0.3) is 0 Å². The standard InChI is InChI=1S/C17H36O/c1-3-4-5-6-7-8-11-14-17(2)15-12-9-10-13-16-18/h17-18H,3-16H2,1-2H3. The lowest BCUT2D eigenvalue weighted by atomic mass is 9.96. The summed E-state index contributed by atoms with van der Waals surface area (Å²) < 4.78 is 0. The van der Waals surface area contributed by atoms with Gasteiger partial charge in [-0.1, -0.05) is 90.9 Å². The van der Waals surface area contributed by atoms with Gasteiger partial charge in [-0.2, -0.15) is 0 Å². The molecule has 1 N–H and O–H groups in total. The van der Waals surface area contributed by atoms with Crippen molar-refractivity contribution in [2.24, 2.45) is 5.92 Å². The molecule has 0 amide bonds. The van der Waals surface area contributed by atoms with Gasteiger partial charge in [0, 0.05) is 6.61 Å². The predicted molar refractivity (Wildman–Crippen MR) is 81.9 cm³/mol. The number of aliphatic hydroxyl groups excluding tert-OH is 1. The maximum atomic E-state index is 8.70. The average molecular weight is 256 g/mol. The minimum atomic E-state index is 0.369. The van der Waals surface area contributed by atoms with Crippen LogP contribution in [0, 0.1) is 5.92 Å². The van der Waals surface area contributed by atoms with Gasteiger partial charge in [0.25, 0.3) is 0 Å². The van der Waals surface area contributed by atoms with Gasteiger partial charge in [-0.05, 0) is 12.3 Å². The molecular weight excluding hydrogens is 220 g/mol. The molecule has 0 rings (SSSR count). The third-order valence-corrected chi connectivity index (χ3v) is 3.91. The topological polar surface area (TPSA) is 20.2 Å². The summed E-state index contributed by atoms with van der Waals surface area (Å²) in [4.78, 5) is 0. The summed E-state index contributed by atoms with van der Waals surface area (Å²) in [6.45, 7) is 5.05. The Labute approximate surface area is 115 Å². The summed E-state index contributed by atoms with van der Waals surface area (Å²) in [6.07, 6.45) is 17.7. The first kappa shape index (κ1) is 18.0. The zero-order valence-electron chi connectivity index (χ0n) is 12.9. The van der Waals surface area contributed by atoms with Crippen LogP contribution in [-0.4, -0.2) is 11.7 Å². The summed E-state index contributed by atoms with van der Waals surface area (Å²) in [5.41, 5.74) is 0. The Kier molecular flexibility index (Phi) is 15.0. The van der Waals surface area contributed by atoms with Gasteiger partial charge in [0.05, 0.1) is 0 Å². The van der Waals surface area contributed by atoms with Gasteiger partial charge >= 0.3 is 0 Å². The zero-order chi connectivity index (χ0) is 13.5. The third kappa shape index (κ3) is 14.0. The normalized spacial score (nSPS) is 12.8. The Morgan fingerprint density at radius 2 is 1.11 bits per heavy atom. The van der Waals surface area contributed by atoms with Crippen molar-refractivity contribution in [3.05, 3.63) is 0 Å². The van der Waals surface area contributed by atoms with E-state index in [9.17, 15) is 0 Å². The second-order valence-electron chi connectivity index (χ2n) is 5.94. The van der Waals surface area contributed by atoms with E-state index in [1.807, 2.05) is 0 Å². The van der Waals surface area contributed by atoms with Gasteiger partial charge in [0.1, 0.15) is 0 Å². The average Bonchev–Trinajstić information content (AvgIpc) is 2.37. The van der Waals surface area contributed by atoms with Crippen LogP contribution in [0.4, 0.5) is 0 Å². The third-order valence-electron chi connectivity index (χ3n) is 3.91. The van der Waals surface area contributed by atoms with Gasteiger partial charge < -0.3 is 5.11 Å². The highest BCUT2D eigenvalue weighted by Gasteiger charge is 2.01. The lowest BCUT2D eigenvalue weighted by Crippen LogP contribution is -1.95. The van der Waals surface area contributed by atoms with E-state index in [4.69, 9.17) is 5.11 Å². The SMILES string of the molecule is CCCCCCCCCC(C)CCCCCCO. The molecule has 1 nitrogen and oxygen atoms in total. The van der Waals surface area contributed by atoms with Crippen molar-refractivity contribution in [2.75, 3.05) is 6.61 Å². The molecule has 0 radical (unpaired) electrons. The second kappa shape index (κ2) is 15.0. The molecule has 110 valence electrons. The van der Waals surface area contributed by atoms with Crippen molar-refractivity contribution < 1.29 is 5.11 Å². The highest BCUT2D eigenvalue weighted by Crippen LogP contribution is 2.18. The molecule has 0 spiro atoms. The molecule has 1 atom stereocenters. The van der Waals surface area contributed by atoms with Crippen LogP contribution in [0.3, 0.4) is 0 Å². The molecule has 0 saturated carbocycles. The number of hydrogen-bond acceptors (Lipinski definition) is 1. The molecule has 0 heterocycles. The highest BCUT2D eigenvalue weighted by atomic mass is 16.2. The summed E-state index contributed by atoms with van der Waals surface area (Å²) in [7, 11) is 0. The molecule has 1 unspecified atom stereocenters. The molecule has 0 aromatic carbocycles. The Hall–Kier alpha value is -0.0400. The van der Waals surface area contributed by atoms with Gasteiger partial charge in [0.2, 0.25) is 0 Å². The van der Waals surface area contributed by atoms with Gasteiger partial charge in [-0.3, -0.25) is 0 Å². The van der Waals surface area contributed by atoms with E-state index in [1.54, 1.807) is 0 Å². The van der Waals surface area contributed by atoms with E-state index < -0.39 is 0 Å². The van der Waals surface area contributed by atoms with E-state index in [0.717, 1.165) is 12.3 Å². The molecular formula is C17H36O. The largest absolute Gasteiger partial charge is 0.396 e. The summed E-state index contributed by atoms with van der Waals surface area (Å²) in [5, 5.41) is 8.70. The Bertz CT molecular complexity index is 145. The Morgan fingerprint density at radius 3 is 1.61 bits per heavy atom. The fourth-order valence-corrected chi connectivity index (χ4v) is 2.55. The maximum absolute atomic E-state index is 8.70. The fraction of sp³-hybridized carbons (Fsp3) is 1.00. The first-order valence-corrected chi connectivity index (χ1v) is 8.42. The van der Waals surface area contributed by atoms with Gasteiger partial charge in [0.15, 0.2) is 0 Å². The smallest absolute Gasteiger partial charge is 0.0431 e. The molecule has 0 saturated heterocycles. The van der Waals surface area contributed by atoms with Crippen LogP contribution in [0.5, 0.6) is 0 Å². The molecule has 0 bridgehead atoms. The van der Waals surface area contributed by atoms with Gasteiger partial charge in [-0.15, -0.1) is 0 Å². The molecule has 18 heavy (non-hydrogen) atoms. The minimum Gasteiger partial charge on any atom is -0.396 e. The van der Waals surface area contributed by atoms with E-state index in [-0.39, 0.29) is 0 Å². The van der Waals surface area contributed by atoms with Crippen LogP contribution in [-0.2, 0) is 0 Å². The van der Waals surface area contributed by atoms with Crippen LogP contribution < -0.4 is 0 Å². The van der Waals surface area contributed by atoms with Crippen molar-refractivity contribution in [3.8, 4) is 0 Å². The Morgan fingerprint density at radius 1 is 0.667 bits per heavy atom. The molecule has 1 heteroatoms. The van der Waals surface area contributed by atoms with Gasteiger partial charge in [-0.25, -0.2) is 0 Å². The zero-order valence-corrected chi connectivity index (χ0v) is 12.9. The van der Waals surface area contributed by atoms with Crippen LogP contribution in [0.15, 0.2) is 0 Å². The molecule has 0 aliphatic rings. The number of unbranched alkanes of at least 4 members (excludes halogenated alkanes) is 9. The van der Waals surface area contributed by atoms with Crippen LogP contribution in [0.2, 0.25) is 0 Å².